The molecule has 4 rings (SSSR count). The van der Waals surface area contributed by atoms with Gasteiger partial charge in [0.25, 0.3) is 0 Å². The van der Waals surface area contributed by atoms with E-state index < -0.39 is 28.7 Å². The SMILES string of the molecule is CCCNC(=O)[C@@H]1[C@H]2C(=O)N([C@H](C)CO)C(C(=O)Nc3ccccc3Cl)C23S[C@@H]1CC3C. The number of fused-ring (bicyclic) bond motifs is 1. The molecule has 3 aliphatic rings. The molecular weight excluding hydrogens is 450 g/mol. The summed E-state index contributed by atoms with van der Waals surface area (Å²) in [5, 5.41) is 16.2. The molecule has 0 aliphatic carbocycles. The summed E-state index contributed by atoms with van der Waals surface area (Å²) in [6.07, 6.45) is 1.59. The maximum atomic E-state index is 13.8. The van der Waals surface area contributed by atoms with E-state index in [1.54, 1.807) is 43.0 Å². The van der Waals surface area contributed by atoms with Crippen molar-refractivity contribution in [3.63, 3.8) is 0 Å². The highest BCUT2D eigenvalue weighted by Gasteiger charge is 2.76. The Morgan fingerprint density at radius 3 is 2.72 bits per heavy atom. The molecule has 1 aromatic rings. The smallest absolute Gasteiger partial charge is 0.248 e. The largest absolute Gasteiger partial charge is 0.394 e. The van der Waals surface area contributed by atoms with Gasteiger partial charge in [0.1, 0.15) is 6.04 Å². The van der Waals surface area contributed by atoms with Gasteiger partial charge in [-0.2, -0.15) is 0 Å². The second kappa shape index (κ2) is 8.88. The third-order valence-corrected chi connectivity index (χ3v) is 9.56. The van der Waals surface area contributed by atoms with E-state index in [2.05, 4.69) is 17.6 Å². The van der Waals surface area contributed by atoms with Crippen LogP contribution in [0.1, 0.15) is 33.6 Å². The van der Waals surface area contributed by atoms with E-state index in [-0.39, 0.29) is 35.5 Å². The zero-order valence-electron chi connectivity index (χ0n) is 18.5. The first-order chi connectivity index (χ1) is 15.3. The van der Waals surface area contributed by atoms with E-state index in [0.29, 0.717) is 17.3 Å². The summed E-state index contributed by atoms with van der Waals surface area (Å²) in [4.78, 5) is 42.1. The van der Waals surface area contributed by atoms with Crippen LogP contribution in [0.15, 0.2) is 24.3 Å². The second-order valence-electron chi connectivity index (χ2n) is 9.09. The molecule has 3 fully saturated rings. The highest BCUT2D eigenvalue weighted by Crippen LogP contribution is 2.68. The van der Waals surface area contributed by atoms with Gasteiger partial charge in [-0.15, -0.1) is 11.8 Å². The number of benzene rings is 1. The Balaban J connectivity index is 1.74. The Labute approximate surface area is 197 Å². The molecule has 3 unspecified atom stereocenters. The van der Waals surface area contributed by atoms with Crippen molar-refractivity contribution in [3.05, 3.63) is 29.3 Å². The average Bonchev–Trinajstić information content (AvgIpc) is 3.36. The fourth-order valence-electron chi connectivity index (χ4n) is 5.75. The average molecular weight is 480 g/mol. The molecule has 32 heavy (non-hydrogen) atoms. The Morgan fingerprint density at radius 1 is 1.34 bits per heavy atom. The Morgan fingerprint density at radius 2 is 2.06 bits per heavy atom. The van der Waals surface area contributed by atoms with Crippen molar-refractivity contribution in [2.45, 2.75) is 55.7 Å². The monoisotopic (exact) mass is 479 g/mol. The number of carbonyl (C=O) groups is 3. The van der Waals surface area contributed by atoms with E-state index in [1.807, 2.05) is 6.92 Å². The van der Waals surface area contributed by atoms with Crippen LogP contribution in [-0.4, -0.2) is 63.0 Å². The summed E-state index contributed by atoms with van der Waals surface area (Å²) in [6.45, 7) is 6.08. The van der Waals surface area contributed by atoms with Gasteiger partial charge < -0.3 is 20.6 Å². The number of amides is 3. The van der Waals surface area contributed by atoms with Crippen molar-refractivity contribution in [2.75, 3.05) is 18.5 Å². The molecule has 3 heterocycles. The summed E-state index contributed by atoms with van der Waals surface area (Å²) < 4.78 is -0.718. The van der Waals surface area contributed by atoms with Gasteiger partial charge in [0, 0.05) is 11.8 Å². The molecule has 0 radical (unpaired) electrons. The van der Waals surface area contributed by atoms with Gasteiger partial charge in [0.15, 0.2) is 0 Å². The van der Waals surface area contributed by atoms with Crippen LogP contribution >= 0.6 is 23.4 Å². The first-order valence-corrected chi connectivity index (χ1v) is 12.5. The summed E-state index contributed by atoms with van der Waals surface area (Å²) in [5.74, 6) is -1.65. The lowest BCUT2D eigenvalue weighted by Gasteiger charge is -2.39. The predicted molar refractivity (Wildman–Crippen MR) is 125 cm³/mol. The van der Waals surface area contributed by atoms with Crippen LogP contribution in [0.3, 0.4) is 0 Å². The first kappa shape index (κ1) is 23.4. The molecule has 0 aromatic heterocycles. The molecule has 0 saturated carbocycles. The van der Waals surface area contributed by atoms with E-state index in [0.717, 1.165) is 12.8 Å². The quantitative estimate of drug-likeness (QED) is 0.558. The van der Waals surface area contributed by atoms with Crippen LogP contribution in [-0.2, 0) is 14.4 Å². The zero-order valence-corrected chi connectivity index (χ0v) is 20.1. The zero-order chi connectivity index (χ0) is 23.2. The lowest BCUT2D eigenvalue weighted by atomic mass is 9.66. The second-order valence-corrected chi connectivity index (χ2v) is 11.0. The molecule has 3 N–H and O–H groups in total. The van der Waals surface area contributed by atoms with Crippen molar-refractivity contribution in [2.24, 2.45) is 17.8 Å². The minimum Gasteiger partial charge on any atom is -0.394 e. The number of hydrogen-bond acceptors (Lipinski definition) is 5. The number of nitrogens with zero attached hydrogens (tertiary/aromatic N) is 1. The van der Waals surface area contributed by atoms with Gasteiger partial charge in [0.05, 0.1) is 39.9 Å². The third-order valence-electron chi connectivity index (χ3n) is 7.15. The summed E-state index contributed by atoms with van der Waals surface area (Å²) in [6, 6.07) is 5.63. The van der Waals surface area contributed by atoms with Gasteiger partial charge in [-0.3, -0.25) is 14.4 Å². The molecule has 7 atom stereocenters. The third kappa shape index (κ3) is 3.42. The number of anilines is 1. The van der Waals surface area contributed by atoms with Gasteiger partial charge in [-0.25, -0.2) is 0 Å². The van der Waals surface area contributed by atoms with Crippen molar-refractivity contribution in [3.8, 4) is 0 Å². The maximum Gasteiger partial charge on any atom is 0.248 e. The van der Waals surface area contributed by atoms with Crippen LogP contribution in [0.5, 0.6) is 0 Å². The van der Waals surface area contributed by atoms with E-state index in [1.165, 1.54) is 4.90 Å². The van der Waals surface area contributed by atoms with Crippen LogP contribution in [0, 0.1) is 17.8 Å². The molecule has 1 aromatic carbocycles. The number of para-hydroxylation sites is 1. The fourth-order valence-corrected chi connectivity index (χ4v) is 8.34. The fraction of sp³-hybridized carbons (Fsp3) is 0.609. The van der Waals surface area contributed by atoms with Crippen molar-refractivity contribution in [1.29, 1.82) is 0 Å². The van der Waals surface area contributed by atoms with Crippen LogP contribution in [0.2, 0.25) is 5.02 Å². The van der Waals surface area contributed by atoms with Crippen LogP contribution in [0.25, 0.3) is 0 Å². The topological polar surface area (TPSA) is 98.7 Å². The van der Waals surface area contributed by atoms with Gasteiger partial charge in [-0.05, 0) is 37.8 Å². The highest BCUT2D eigenvalue weighted by atomic mass is 35.5. The molecular formula is C23H30ClN3O4S. The van der Waals surface area contributed by atoms with E-state index in [4.69, 9.17) is 11.6 Å². The molecule has 9 heteroatoms. The predicted octanol–water partition coefficient (Wildman–Crippen LogP) is 2.52. The standard InChI is InChI=1S/C23H30ClN3O4S/c1-4-9-25-20(29)17-16-10-12(2)23(32-16)18(17)22(31)27(13(3)11-28)19(23)21(30)26-15-8-6-5-7-14(15)24/h5-8,12-13,16-19,28H,4,9-11H2,1-3H3,(H,25,29)(H,26,30)/t12?,13-,16-,17+,18+,19?,23?/m1/s1. The highest BCUT2D eigenvalue weighted by molar-refractivity contribution is 8.02. The normalized spacial score (nSPS) is 33.8. The number of aliphatic hydroxyl groups excluding tert-OH is 1. The molecule has 7 nitrogen and oxygen atoms in total. The lowest BCUT2D eigenvalue weighted by Crippen LogP contribution is -2.56. The number of aliphatic hydroxyl groups is 1. The first-order valence-electron chi connectivity index (χ1n) is 11.2. The molecule has 3 aliphatic heterocycles. The molecule has 2 bridgehead atoms. The number of carbonyl (C=O) groups excluding carboxylic acids is 3. The number of likely N-dealkylation sites (tertiary alicyclic amines) is 1. The minimum atomic E-state index is -0.799. The number of hydrogen-bond donors (Lipinski definition) is 3. The van der Waals surface area contributed by atoms with Gasteiger partial charge >= 0.3 is 0 Å². The van der Waals surface area contributed by atoms with Crippen molar-refractivity contribution >= 4 is 46.8 Å². The van der Waals surface area contributed by atoms with Crippen molar-refractivity contribution in [1.82, 2.24) is 10.2 Å². The Hall–Kier alpha value is -1.77. The molecule has 3 saturated heterocycles. The van der Waals surface area contributed by atoms with Crippen molar-refractivity contribution < 1.29 is 19.5 Å². The van der Waals surface area contributed by atoms with Crippen LogP contribution in [0.4, 0.5) is 5.69 Å². The maximum absolute atomic E-state index is 13.8. The number of thioether (sulfide) groups is 1. The van der Waals surface area contributed by atoms with E-state index >= 15 is 0 Å². The summed E-state index contributed by atoms with van der Waals surface area (Å²) in [7, 11) is 0. The van der Waals surface area contributed by atoms with E-state index in [9.17, 15) is 19.5 Å². The van der Waals surface area contributed by atoms with Crippen LogP contribution < -0.4 is 10.6 Å². The molecule has 1 spiro atoms. The van der Waals surface area contributed by atoms with Gasteiger partial charge in [-0.1, -0.05) is 37.6 Å². The Kier molecular flexibility index (Phi) is 6.49. The number of halogens is 1. The molecule has 3 amide bonds. The Bertz CT molecular complexity index is 930. The summed E-state index contributed by atoms with van der Waals surface area (Å²) >= 11 is 7.88. The number of rotatable bonds is 7. The minimum absolute atomic E-state index is 0.00185. The molecule has 174 valence electrons. The number of nitrogens with one attached hydrogen (secondary N) is 2. The summed E-state index contributed by atoms with van der Waals surface area (Å²) in [5.41, 5.74) is 0.477. The lowest BCUT2D eigenvalue weighted by molar-refractivity contribution is -0.141. The van der Waals surface area contributed by atoms with Gasteiger partial charge in [0.2, 0.25) is 17.7 Å².